The van der Waals surface area contributed by atoms with Crippen LogP contribution < -0.4 is 5.32 Å². The Morgan fingerprint density at radius 2 is 2.12 bits per heavy atom. The number of thiazole rings is 1. The van der Waals surface area contributed by atoms with Crippen molar-refractivity contribution in [1.82, 2.24) is 10.3 Å². The van der Waals surface area contributed by atoms with Crippen LogP contribution in [0.2, 0.25) is 0 Å². The first kappa shape index (κ1) is 13.0. The summed E-state index contributed by atoms with van der Waals surface area (Å²) in [6, 6.07) is 0.762. The number of rotatable bonds is 5. The maximum atomic E-state index is 4.74. The van der Waals surface area contributed by atoms with Gasteiger partial charge in [0, 0.05) is 17.8 Å². The van der Waals surface area contributed by atoms with Crippen LogP contribution in [-0.2, 0) is 12.8 Å². The molecule has 0 aliphatic heterocycles. The van der Waals surface area contributed by atoms with Crippen molar-refractivity contribution in [3.63, 3.8) is 0 Å². The van der Waals surface area contributed by atoms with Crippen LogP contribution in [0.1, 0.15) is 49.7 Å². The molecular weight excluding hydrogens is 228 g/mol. The van der Waals surface area contributed by atoms with Crippen LogP contribution in [-0.4, -0.2) is 18.1 Å². The van der Waals surface area contributed by atoms with E-state index in [1.54, 1.807) is 0 Å². The van der Waals surface area contributed by atoms with Crippen molar-refractivity contribution in [2.24, 2.45) is 5.92 Å². The first-order valence-corrected chi connectivity index (χ1v) is 7.80. The van der Waals surface area contributed by atoms with Crippen LogP contribution in [0.5, 0.6) is 0 Å². The molecule has 17 heavy (non-hydrogen) atoms. The molecule has 0 amide bonds. The highest BCUT2D eigenvalue weighted by Crippen LogP contribution is 2.28. The minimum Gasteiger partial charge on any atom is -0.317 e. The summed E-state index contributed by atoms with van der Waals surface area (Å²) in [4.78, 5) is 4.74. The third-order valence-electron chi connectivity index (χ3n) is 3.82. The van der Waals surface area contributed by atoms with E-state index >= 15 is 0 Å². The van der Waals surface area contributed by atoms with E-state index < -0.39 is 0 Å². The third kappa shape index (κ3) is 3.78. The standard InChI is InChI=1S/C14H24N2S/c1-3-4-13-10-17-14(16-13)9-11-5-7-12(15-2)8-6-11/h10-12,15H,3-9H2,1-2H3. The van der Waals surface area contributed by atoms with Crippen LogP contribution in [0.15, 0.2) is 5.38 Å². The molecule has 1 aromatic heterocycles. The Labute approximate surface area is 109 Å². The minimum atomic E-state index is 0.762. The fraction of sp³-hybridized carbons (Fsp3) is 0.786. The predicted molar refractivity (Wildman–Crippen MR) is 74.6 cm³/mol. The molecule has 2 nitrogen and oxygen atoms in total. The highest BCUT2D eigenvalue weighted by Gasteiger charge is 2.20. The van der Waals surface area contributed by atoms with Gasteiger partial charge in [0.1, 0.15) is 0 Å². The second-order valence-corrected chi connectivity index (χ2v) is 6.14. The molecule has 3 heteroatoms. The largest absolute Gasteiger partial charge is 0.317 e. The molecule has 1 aliphatic carbocycles. The summed E-state index contributed by atoms with van der Waals surface area (Å²) in [5.74, 6) is 0.875. The molecule has 0 bridgehead atoms. The van der Waals surface area contributed by atoms with E-state index in [1.165, 1.54) is 49.2 Å². The SMILES string of the molecule is CCCc1csc(CC2CCC(NC)CC2)n1. The lowest BCUT2D eigenvalue weighted by molar-refractivity contribution is 0.300. The summed E-state index contributed by atoms with van der Waals surface area (Å²) in [5.41, 5.74) is 1.30. The molecule has 0 spiro atoms. The lowest BCUT2D eigenvalue weighted by Crippen LogP contribution is -2.30. The van der Waals surface area contributed by atoms with Gasteiger partial charge in [-0.1, -0.05) is 13.3 Å². The Hall–Kier alpha value is -0.410. The number of nitrogens with zero attached hydrogens (tertiary/aromatic N) is 1. The molecule has 1 aliphatic rings. The Morgan fingerprint density at radius 3 is 2.76 bits per heavy atom. The van der Waals surface area contributed by atoms with E-state index in [9.17, 15) is 0 Å². The van der Waals surface area contributed by atoms with Gasteiger partial charge in [0.25, 0.3) is 0 Å². The fourth-order valence-electron chi connectivity index (χ4n) is 2.72. The first-order valence-electron chi connectivity index (χ1n) is 6.92. The first-order chi connectivity index (χ1) is 8.31. The zero-order valence-electron chi connectivity index (χ0n) is 11.0. The summed E-state index contributed by atoms with van der Waals surface area (Å²) in [6.07, 6.45) is 8.98. The number of hydrogen-bond donors (Lipinski definition) is 1. The smallest absolute Gasteiger partial charge is 0.0931 e. The van der Waals surface area contributed by atoms with Crippen molar-refractivity contribution < 1.29 is 0 Å². The van der Waals surface area contributed by atoms with Gasteiger partial charge in [-0.05, 0) is 45.1 Å². The van der Waals surface area contributed by atoms with E-state index in [4.69, 9.17) is 4.98 Å². The maximum Gasteiger partial charge on any atom is 0.0931 e. The quantitative estimate of drug-likeness (QED) is 0.868. The van der Waals surface area contributed by atoms with Crippen molar-refractivity contribution in [1.29, 1.82) is 0 Å². The minimum absolute atomic E-state index is 0.762. The molecule has 2 rings (SSSR count). The Bertz CT molecular complexity index is 327. The van der Waals surface area contributed by atoms with E-state index in [2.05, 4.69) is 24.7 Å². The Balaban J connectivity index is 1.80. The van der Waals surface area contributed by atoms with Crippen LogP contribution in [0, 0.1) is 5.92 Å². The Morgan fingerprint density at radius 1 is 1.35 bits per heavy atom. The van der Waals surface area contributed by atoms with Crippen LogP contribution in [0.3, 0.4) is 0 Å². The molecule has 1 N–H and O–H groups in total. The molecule has 1 heterocycles. The van der Waals surface area contributed by atoms with E-state index in [0.717, 1.165) is 18.4 Å². The van der Waals surface area contributed by atoms with Crippen molar-refractivity contribution in [2.75, 3.05) is 7.05 Å². The zero-order valence-corrected chi connectivity index (χ0v) is 11.9. The van der Waals surface area contributed by atoms with Crippen molar-refractivity contribution in [3.05, 3.63) is 16.1 Å². The lowest BCUT2D eigenvalue weighted by atomic mass is 9.84. The summed E-state index contributed by atoms with van der Waals surface area (Å²) in [6.45, 7) is 2.22. The van der Waals surface area contributed by atoms with Gasteiger partial charge in [0.05, 0.1) is 10.7 Å². The molecule has 0 atom stereocenters. The molecular formula is C14H24N2S. The predicted octanol–water partition coefficient (Wildman–Crippen LogP) is 3.42. The topological polar surface area (TPSA) is 24.9 Å². The summed E-state index contributed by atoms with van der Waals surface area (Å²) in [7, 11) is 2.09. The number of hydrogen-bond acceptors (Lipinski definition) is 3. The summed E-state index contributed by atoms with van der Waals surface area (Å²) < 4.78 is 0. The van der Waals surface area contributed by atoms with Gasteiger partial charge in [-0.15, -0.1) is 11.3 Å². The van der Waals surface area contributed by atoms with Gasteiger partial charge in [0.15, 0.2) is 0 Å². The van der Waals surface area contributed by atoms with Gasteiger partial charge in [-0.3, -0.25) is 0 Å². The van der Waals surface area contributed by atoms with Gasteiger partial charge in [-0.25, -0.2) is 4.98 Å². The van der Waals surface area contributed by atoms with E-state index in [-0.39, 0.29) is 0 Å². The van der Waals surface area contributed by atoms with E-state index in [0.29, 0.717) is 0 Å². The molecule has 0 saturated heterocycles. The van der Waals surface area contributed by atoms with Crippen LogP contribution >= 0.6 is 11.3 Å². The monoisotopic (exact) mass is 252 g/mol. The van der Waals surface area contributed by atoms with Crippen LogP contribution in [0.4, 0.5) is 0 Å². The number of nitrogens with one attached hydrogen (secondary N) is 1. The molecule has 1 fully saturated rings. The lowest BCUT2D eigenvalue weighted by Gasteiger charge is -2.27. The molecule has 0 aromatic carbocycles. The highest BCUT2D eigenvalue weighted by atomic mass is 32.1. The highest BCUT2D eigenvalue weighted by molar-refractivity contribution is 7.09. The average molecular weight is 252 g/mol. The second kappa shape index (κ2) is 6.50. The Kier molecular flexibility index (Phi) is 4.99. The van der Waals surface area contributed by atoms with Crippen molar-refractivity contribution >= 4 is 11.3 Å². The fourth-order valence-corrected chi connectivity index (χ4v) is 3.66. The molecule has 1 saturated carbocycles. The van der Waals surface area contributed by atoms with Gasteiger partial charge in [-0.2, -0.15) is 0 Å². The van der Waals surface area contributed by atoms with Crippen LogP contribution in [0.25, 0.3) is 0 Å². The van der Waals surface area contributed by atoms with Crippen molar-refractivity contribution in [3.8, 4) is 0 Å². The van der Waals surface area contributed by atoms with Gasteiger partial charge < -0.3 is 5.32 Å². The molecule has 1 aromatic rings. The van der Waals surface area contributed by atoms with Gasteiger partial charge >= 0.3 is 0 Å². The summed E-state index contributed by atoms with van der Waals surface area (Å²) in [5, 5.41) is 7.01. The third-order valence-corrected chi connectivity index (χ3v) is 4.74. The van der Waals surface area contributed by atoms with Gasteiger partial charge in [0.2, 0.25) is 0 Å². The summed E-state index contributed by atoms with van der Waals surface area (Å²) >= 11 is 1.86. The molecule has 0 unspecified atom stereocenters. The maximum absolute atomic E-state index is 4.74. The molecule has 96 valence electrons. The van der Waals surface area contributed by atoms with E-state index in [1.807, 2.05) is 11.3 Å². The second-order valence-electron chi connectivity index (χ2n) is 5.19. The normalized spacial score (nSPS) is 25.1. The van der Waals surface area contributed by atoms with Crippen molar-refractivity contribution in [2.45, 2.75) is 57.9 Å². The zero-order chi connectivity index (χ0) is 12.1. The molecule has 0 radical (unpaired) electrons. The average Bonchev–Trinajstić information content (AvgIpc) is 2.78. The number of aryl methyl sites for hydroxylation is 1. The number of aromatic nitrogens is 1.